The molecule has 4 rings (SSSR count). The van der Waals surface area contributed by atoms with Crippen molar-refractivity contribution in [1.29, 1.82) is 0 Å². The van der Waals surface area contributed by atoms with Crippen LogP contribution in [0.5, 0.6) is 0 Å². The van der Waals surface area contributed by atoms with Gasteiger partial charge in [0.05, 0.1) is 11.9 Å². The lowest BCUT2D eigenvalue weighted by molar-refractivity contribution is 0.0984. The first-order chi connectivity index (χ1) is 14.1. The first kappa shape index (κ1) is 19.1. The van der Waals surface area contributed by atoms with E-state index < -0.39 is 0 Å². The summed E-state index contributed by atoms with van der Waals surface area (Å²) in [5.74, 6) is -0.0857. The molecule has 4 aromatic rings. The maximum absolute atomic E-state index is 13.1. The van der Waals surface area contributed by atoms with Gasteiger partial charge >= 0.3 is 0 Å². The Balaban J connectivity index is 1.60. The van der Waals surface area contributed by atoms with Crippen LogP contribution in [0.4, 0.5) is 5.69 Å². The maximum atomic E-state index is 13.1. The fraction of sp³-hybridized carbons (Fsp3) is 0.174. The second-order valence-electron chi connectivity index (χ2n) is 6.89. The quantitative estimate of drug-likeness (QED) is 0.456. The fourth-order valence-electron chi connectivity index (χ4n) is 3.33. The molecule has 0 fully saturated rings. The van der Waals surface area contributed by atoms with Gasteiger partial charge in [-0.1, -0.05) is 35.9 Å². The van der Waals surface area contributed by atoms with Gasteiger partial charge in [-0.15, -0.1) is 11.3 Å². The molecule has 0 aliphatic rings. The minimum Gasteiger partial charge on any atom is -0.307 e. The molecule has 2 aromatic carbocycles. The lowest BCUT2D eigenvalue weighted by atomic mass is 10.1. The molecule has 0 N–H and O–H groups in total. The zero-order valence-electron chi connectivity index (χ0n) is 16.7. The number of aryl methyl sites for hydroxylation is 2. The molecule has 6 heteroatoms. The molecular weight excluding hydrogens is 380 g/mol. The van der Waals surface area contributed by atoms with E-state index in [-0.39, 0.29) is 5.91 Å². The first-order valence-electron chi connectivity index (χ1n) is 9.52. The third kappa shape index (κ3) is 3.84. The molecule has 2 aromatic heterocycles. The molecule has 1 amide bonds. The molecule has 29 heavy (non-hydrogen) atoms. The molecule has 0 bridgehead atoms. The minimum atomic E-state index is -0.0857. The van der Waals surface area contributed by atoms with Crippen LogP contribution >= 0.6 is 11.3 Å². The van der Waals surface area contributed by atoms with Crippen LogP contribution in [0, 0.1) is 13.8 Å². The summed E-state index contributed by atoms with van der Waals surface area (Å²) in [7, 11) is 0. The Labute approximate surface area is 174 Å². The second-order valence-corrected chi connectivity index (χ2v) is 7.74. The molecule has 0 unspecified atom stereocenters. The molecular formula is C23H22N4OS. The zero-order chi connectivity index (χ0) is 20.4. The van der Waals surface area contributed by atoms with Gasteiger partial charge in [-0.3, -0.25) is 4.79 Å². The molecule has 2 heterocycles. The van der Waals surface area contributed by atoms with Gasteiger partial charge in [0, 0.05) is 29.4 Å². The van der Waals surface area contributed by atoms with E-state index in [1.54, 1.807) is 11.1 Å². The van der Waals surface area contributed by atoms with Gasteiger partial charge in [-0.25, -0.2) is 9.67 Å². The van der Waals surface area contributed by atoms with E-state index in [4.69, 9.17) is 0 Å². The summed E-state index contributed by atoms with van der Waals surface area (Å²) in [6.07, 6.45) is 3.71. The second kappa shape index (κ2) is 8.01. The van der Waals surface area contributed by atoms with Gasteiger partial charge < -0.3 is 4.90 Å². The highest BCUT2D eigenvalue weighted by molar-refractivity contribution is 7.13. The maximum Gasteiger partial charge on any atom is 0.277 e. The van der Waals surface area contributed by atoms with Gasteiger partial charge in [0.2, 0.25) is 0 Å². The van der Waals surface area contributed by atoms with E-state index in [1.807, 2.05) is 72.6 Å². The largest absolute Gasteiger partial charge is 0.307 e. The highest BCUT2D eigenvalue weighted by Gasteiger charge is 2.21. The van der Waals surface area contributed by atoms with E-state index in [0.717, 1.165) is 27.5 Å². The summed E-state index contributed by atoms with van der Waals surface area (Å²) in [5, 5.41) is 7.03. The number of carbonyl (C=O) groups is 1. The molecule has 0 spiro atoms. The predicted octanol–water partition coefficient (Wildman–Crippen LogP) is 5.28. The summed E-state index contributed by atoms with van der Waals surface area (Å²) >= 11 is 1.46. The zero-order valence-corrected chi connectivity index (χ0v) is 17.5. The number of thiazole rings is 1. The predicted molar refractivity (Wildman–Crippen MR) is 118 cm³/mol. The third-order valence-corrected chi connectivity index (χ3v) is 5.67. The number of anilines is 1. The Morgan fingerprint density at radius 1 is 1.14 bits per heavy atom. The van der Waals surface area contributed by atoms with Gasteiger partial charge in [-0.05, 0) is 44.5 Å². The monoisotopic (exact) mass is 402 g/mol. The molecule has 0 saturated heterocycles. The molecule has 0 aliphatic heterocycles. The van der Waals surface area contributed by atoms with E-state index in [1.165, 1.54) is 16.9 Å². The number of nitrogens with zero attached hydrogens (tertiary/aromatic N) is 4. The van der Waals surface area contributed by atoms with E-state index >= 15 is 0 Å². The smallest absolute Gasteiger partial charge is 0.277 e. The van der Waals surface area contributed by atoms with Gasteiger partial charge in [-0.2, -0.15) is 5.10 Å². The van der Waals surface area contributed by atoms with Crippen molar-refractivity contribution >= 4 is 22.9 Å². The van der Waals surface area contributed by atoms with Crippen molar-refractivity contribution in [1.82, 2.24) is 14.8 Å². The van der Waals surface area contributed by atoms with Gasteiger partial charge in [0.25, 0.3) is 5.91 Å². The fourth-order valence-corrected chi connectivity index (χ4v) is 4.10. The lowest BCUT2D eigenvalue weighted by Gasteiger charge is -2.22. The van der Waals surface area contributed by atoms with Crippen molar-refractivity contribution < 1.29 is 4.79 Å². The van der Waals surface area contributed by atoms with Crippen molar-refractivity contribution in [3.05, 3.63) is 83.1 Å². The van der Waals surface area contributed by atoms with E-state index in [2.05, 4.69) is 23.1 Å². The van der Waals surface area contributed by atoms with Crippen LogP contribution in [0.15, 0.2) is 66.3 Å². The van der Waals surface area contributed by atoms with Crippen molar-refractivity contribution in [3.8, 4) is 16.3 Å². The van der Waals surface area contributed by atoms with Gasteiger partial charge in [0.1, 0.15) is 10.7 Å². The number of para-hydroxylation sites is 1. The van der Waals surface area contributed by atoms with Crippen LogP contribution in [0.2, 0.25) is 0 Å². The van der Waals surface area contributed by atoms with Crippen molar-refractivity contribution in [3.63, 3.8) is 0 Å². The van der Waals surface area contributed by atoms with Crippen molar-refractivity contribution in [2.24, 2.45) is 0 Å². The summed E-state index contributed by atoms with van der Waals surface area (Å²) in [6, 6.07) is 16.0. The molecule has 146 valence electrons. The first-order valence-corrected chi connectivity index (χ1v) is 10.4. The average molecular weight is 403 g/mol. The molecule has 0 aliphatic carbocycles. The number of carbonyl (C=O) groups excluding carboxylic acids is 1. The summed E-state index contributed by atoms with van der Waals surface area (Å²) in [6.45, 7) is 6.65. The van der Waals surface area contributed by atoms with E-state index in [0.29, 0.717) is 12.2 Å². The number of hydrogen-bond acceptors (Lipinski definition) is 4. The number of amides is 1. The number of rotatable bonds is 5. The van der Waals surface area contributed by atoms with Crippen molar-refractivity contribution in [2.45, 2.75) is 20.8 Å². The van der Waals surface area contributed by atoms with Crippen LogP contribution in [-0.4, -0.2) is 27.2 Å². The number of aromatic nitrogens is 3. The molecule has 5 nitrogen and oxygen atoms in total. The topological polar surface area (TPSA) is 51.0 Å². The van der Waals surface area contributed by atoms with Crippen LogP contribution in [0.25, 0.3) is 16.3 Å². The average Bonchev–Trinajstić information content (AvgIpc) is 3.40. The standard InChI is InChI=1S/C23H22N4OS/c1-4-26(21-11-10-16(2)12-17(21)3)23(28)20-15-29-22(25-20)18-13-24-27(14-18)19-8-6-5-7-9-19/h5-15H,4H2,1-3H3. The number of benzene rings is 2. The highest BCUT2D eigenvalue weighted by Crippen LogP contribution is 2.27. The Bertz CT molecular complexity index is 1150. The summed E-state index contributed by atoms with van der Waals surface area (Å²) in [5.41, 5.74) is 5.53. The normalized spacial score (nSPS) is 10.9. The van der Waals surface area contributed by atoms with Crippen LogP contribution in [0.3, 0.4) is 0 Å². The Hall–Kier alpha value is -3.25. The SMILES string of the molecule is CCN(C(=O)c1csc(-c2cnn(-c3ccccc3)c2)n1)c1ccc(C)cc1C. The third-order valence-electron chi connectivity index (χ3n) is 4.78. The van der Waals surface area contributed by atoms with E-state index in [9.17, 15) is 4.79 Å². The van der Waals surface area contributed by atoms with Crippen molar-refractivity contribution in [2.75, 3.05) is 11.4 Å². The molecule has 0 atom stereocenters. The van der Waals surface area contributed by atoms with Crippen LogP contribution < -0.4 is 4.90 Å². The van der Waals surface area contributed by atoms with Crippen LogP contribution in [-0.2, 0) is 0 Å². The molecule has 0 radical (unpaired) electrons. The highest BCUT2D eigenvalue weighted by atomic mass is 32.1. The molecule has 0 saturated carbocycles. The Morgan fingerprint density at radius 3 is 2.66 bits per heavy atom. The summed E-state index contributed by atoms with van der Waals surface area (Å²) < 4.78 is 1.81. The van der Waals surface area contributed by atoms with Crippen LogP contribution in [0.1, 0.15) is 28.5 Å². The van der Waals surface area contributed by atoms with Gasteiger partial charge in [0.15, 0.2) is 0 Å². The number of hydrogen-bond donors (Lipinski definition) is 0. The summed E-state index contributed by atoms with van der Waals surface area (Å²) in [4.78, 5) is 19.5. The minimum absolute atomic E-state index is 0.0857. The lowest BCUT2D eigenvalue weighted by Crippen LogP contribution is -2.31. The Morgan fingerprint density at radius 2 is 1.93 bits per heavy atom. The Kier molecular flexibility index (Phi) is 5.27.